The van der Waals surface area contributed by atoms with E-state index in [2.05, 4.69) is 10.1 Å². The van der Waals surface area contributed by atoms with Crippen molar-refractivity contribution >= 4 is 11.9 Å². The topological polar surface area (TPSA) is 58.6 Å². The predicted molar refractivity (Wildman–Crippen MR) is 62.0 cm³/mol. The highest BCUT2D eigenvalue weighted by Gasteiger charge is 2.06. The molecule has 0 heterocycles. The molecule has 0 unspecified atom stereocenters. The first kappa shape index (κ1) is 14.6. The van der Waals surface area contributed by atoms with Crippen LogP contribution < -0.4 is 5.32 Å². The van der Waals surface area contributed by atoms with Crippen molar-refractivity contribution in [1.82, 2.24) is 10.2 Å². The number of amides is 1. The molecule has 0 aromatic carbocycles. The van der Waals surface area contributed by atoms with Crippen LogP contribution in [0.25, 0.3) is 0 Å². The van der Waals surface area contributed by atoms with Crippen LogP contribution in [0.15, 0.2) is 11.6 Å². The zero-order valence-corrected chi connectivity index (χ0v) is 10.4. The molecule has 0 aliphatic rings. The Labute approximate surface area is 96.4 Å². The summed E-state index contributed by atoms with van der Waals surface area (Å²) in [5.41, 5.74) is 0.618. The molecular formula is C11H20N2O3. The SMILES string of the molecule is CCC(=CCNCC(=O)N(C)C)C(=O)OC. The van der Waals surface area contributed by atoms with E-state index in [1.807, 2.05) is 6.92 Å². The highest BCUT2D eigenvalue weighted by atomic mass is 16.5. The van der Waals surface area contributed by atoms with Crippen LogP contribution in [0.3, 0.4) is 0 Å². The average molecular weight is 228 g/mol. The molecule has 0 aliphatic carbocycles. The van der Waals surface area contributed by atoms with E-state index in [4.69, 9.17) is 0 Å². The van der Waals surface area contributed by atoms with Crippen LogP contribution in [0.1, 0.15) is 13.3 Å². The lowest BCUT2D eigenvalue weighted by atomic mass is 10.2. The molecule has 5 heteroatoms. The van der Waals surface area contributed by atoms with Gasteiger partial charge in [0.1, 0.15) is 0 Å². The molecule has 0 aromatic rings. The van der Waals surface area contributed by atoms with Gasteiger partial charge in [0.2, 0.25) is 5.91 Å². The Morgan fingerprint density at radius 1 is 1.38 bits per heavy atom. The van der Waals surface area contributed by atoms with Gasteiger partial charge < -0.3 is 15.0 Å². The number of carbonyl (C=O) groups is 2. The van der Waals surface area contributed by atoms with Crippen LogP contribution in [0, 0.1) is 0 Å². The molecule has 5 nitrogen and oxygen atoms in total. The summed E-state index contributed by atoms with van der Waals surface area (Å²) in [4.78, 5) is 23.9. The van der Waals surface area contributed by atoms with E-state index in [0.717, 1.165) is 0 Å². The van der Waals surface area contributed by atoms with Crippen LogP contribution >= 0.6 is 0 Å². The second-order valence-electron chi connectivity index (χ2n) is 3.49. The Bertz CT molecular complexity index is 272. The first-order valence-corrected chi connectivity index (χ1v) is 5.21. The van der Waals surface area contributed by atoms with Gasteiger partial charge in [-0.05, 0) is 6.42 Å². The molecular weight excluding hydrogens is 208 g/mol. The van der Waals surface area contributed by atoms with E-state index in [-0.39, 0.29) is 18.4 Å². The second kappa shape index (κ2) is 7.87. The summed E-state index contributed by atoms with van der Waals surface area (Å²) >= 11 is 0. The lowest BCUT2D eigenvalue weighted by molar-refractivity contribution is -0.136. The van der Waals surface area contributed by atoms with E-state index in [1.165, 1.54) is 12.0 Å². The van der Waals surface area contributed by atoms with Gasteiger partial charge in [-0.15, -0.1) is 0 Å². The van der Waals surface area contributed by atoms with E-state index < -0.39 is 0 Å². The van der Waals surface area contributed by atoms with Crippen LogP contribution in [0.5, 0.6) is 0 Å². The number of likely N-dealkylation sites (N-methyl/N-ethyl adjacent to an activating group) is 1. The maximum absolute atomic E-state index is 11.2. The number of methoxy groups -OCH3 is 1. The number of nitrogens with one attached hydrogen (secondary N) is 1. The Morgan fingerprint density at radius 2 is 2.00 bits per heavy atom. The van der Waals surface area contributed by atoms with Crippen molar-refractivity contribution < 1.29 is 14.3 Å². The van der Waals surface area contributed by atoms with E-state index in [9.17, 15) is 9.59 Å². The van der Waals surface area contributed by atoms with Gasteiger partial charge in [-0.3, -0.25) is 4.79 Å². The number of esters is 1. The summed E-state index contributed by atoms with van der Waals surface area (Å²) in [6.07, 6.45) is 2.37. The van der Waals surface area contributed by atoms with Crippen molar-refractivity contribution in [2.75, 3.05) is 34.3 Å². The Kier molecular flexibility index (Phi) is 7.20. The van der Waals surface area contributed by atoms with Gasteiger partial charge in [0.25, 0.3) is 0 Å². The van der Waals surface area contributed by atoms with E-state index in [1.54, 1.807) is 20.2 Å². The predicted octanol–water partition coefficient (Wildman–Crippen LogP) is 0.174. The number of ether oxygens (including phenoxy) is 1. The van der Waals surface area contributed by atoms with Crippen molar-refractivity contribution in [1.29, 1.82) is 0 Å². The smallest absolute Gasteiger partial charge is 0.333 e. The fourth-order valence-corrected chi connectivity index (χ4v) is 1.04. The van der Waals surface area contributed by atoms with Crippen LogP contribution in [0.4, 0.5) is 0 Å². The van der Waals surface area contributed by atoms with Gasteiger partial charge in [0, 0.05) is 26.2 Å². The largest absolute Gasteiger partial charge is 0.466 e. The normalized spacial score (nSPS) is 11.1. The molecule has 92 valence electrons. The van der Waals surface area contributed by atoms with Gasteiger partial charge in [-0.1, -0.05) is 13.0 Å². The number of nitrogens with zero attached hydrogens (tertiary/aromatic N) is 1. The summed E-state index contributed by atoms with van der Waals surface area (Å²) in [7, 11) is 4.76. The summed E-state index contributed by atoms with van der Waals surface area (Å²) in [5, 5.41) is 2.93. The number of hydrogen-bond donors (Lipinski definition) is 1. The lowest BCUT2D eigenvalue weighted by Gasteiger charge is -2.10. The molecule has 0 spiro atoms. The highest BCUT2D eigenvalue weighted by Crippen LogP contribution is 2.01. The molecule has 0 saturated heterocycles. The molecule has 0 bridgehead atoms. The fourth-order valence-electron chi connectivity index (χ4n) is 1.04. The average Bonchev–Trinajstić information content (AvgIpc) is 2.27. The second-order valence-corrected chi connectivity index (χ2v) is 3.49. The van der Waals surface area contributed by atoms with Crippen molar-refractivity contribution in [3.05, 3.63) is 11.6 Å². The maximum Gasteiger partial charge on any atom is 0.333 e. The molecule has 0 rings (SSSR count). The third kappa shape index (κ3) is 5.50. The molecule has 0 saturated carbocycles. The first-order chi connectivity index (χ1) is 7.52. The number of rotatable bonds is 6. The van der Waals surface area contributed by atoms with Gasteiger partial charge >= 0.3 is 5.97 Å². The number of carbonyl (C=O) groups excluding carboxylic acids is 2. The molecule has 0 aromatic heterocycles. The van der Waals surface area contributed by atoms with Crippen molar-refractivity contribution in [2.24, 2.45) is 0 Å². The summed E-state index contributed by atoms with van der Waals surface area (Å²) in [5.74, 6) is -0.312. The fraction of sp³-hybridized carbons (Fsp3) is 0.636. The summed E-state index contributed by atoms with van der Waals surface area (Å²) < 4.78 is 4.61. The monoisotopic (exact) mass is 228 g/mol. The first-order valence-electron chi connectivity index (χ1n) is 5.21. The van der Waals surface area contributed by atoms with Crippen molar-refractivity contribution in [3.63, 3.8) is 0 Å². The summed E-state index contributed by atoms with van der Waals surface area (Å²) in [6, 6.07) is 0. The maximum atomic E-state index is 11.2. The van der Waals surface area contributed by atoms with Crippen molar-refractivity contribution in [2.45, 2.75) is 13.3 Å². The Balaban J connectivity index is 3.98. The third-order valence-electron chi connectivity index (χ3n) is 2.10. The highest BCUT2D eigenvalue weighted by molar-refractivity contribution is 5.88. The molecule has 16 heavy (non-hydrogen) atoms. The Morgan fingerprint density at radius 3 is 2.44 bits per heavy atom. The zero-order chi connectivity index (χ0) is 12.6. The number of hydrogen-bond acceptors (Lipinski definition) is 4. The Hall–Kier alpha value is -1.36. The van der Waals surface area contributed by atoms with Crippen molar-refractivity contribution in [3.8, 4) is 0 Å². The minimum Gasteiger partial charge on any atom is -0.466 e. The van der Waals surface area contributed by atoms with Crippen LogP contribution in [-0.4, -0.2) is 51.1 Å². The van der Waals surface area contributed by atoms with Gasteiger partial charge in [-0.25, -0.2) is 4.79 Å². The molecule has 0 radical (unpaired) electrons. The zero-order valence-electron chi connectivity index (χ0n) is 10.4. The van der Waals surface area contributed by atoms with Gasteiger partial charge in [0.15, 0.2) is 0 Å². The molecule has 1 amide bonds. The minimum atomic E-state index is -0.316. The minimum absolute atomic E-state index is 0.00418. The molecule has 0 aliphatic heterocycles. The van der Waals surface area contributed by atoms with E-state index in [0.29, 0.717) is 18.5 Å². The molecule has 1 N–H and O–H groups in total. The van der Waals surface area contributed by atoms with E-state index >= 15 is 0 Å². The lowest BCUT2D eigenvalue weighted by Crippen LogP contribution is -2.33. The standard InChI is InChI=1S/C11H20N2O3/c1-5-9(11(15)16-4)6-7-12-8-10(14)13(2)3/h6,12H,5,7-8H2,1-4H3. The van der Waals surface area contributed by atoms with Gasteiger partial charge in [0.05, 0.1) is 13.7 Å². The summed E-state index contributed by atoms with van der Waals surface area (Å²) in [6.45, 7) is 2.63. The third-order valence-corrected chi connectivity index (χ3v) is 2.10. The van der Waals surface area contributed by atoms with Crippen LogP contribution in [-0.2, 0) is 14.3 Å². The quantitative estimate of drug-likeness (QED) is 0.400. The molecule has 0 fully saturated rings. The molecule has 0 atom stereocenters. The van der Waals surface area contributed by atoms with Crippen LogP contribution in [0.2, 0.25) is 0 Å². The van der Waals surface area contributed by atoms with Gasteiger partial charge in [-0.2, -0.15) is 0 Å².